The van der Waals surface area contributed by atoms with Gasteiger partial charge in [-0.2, -0.15) is 0 Å². The first-order valence-electron chi connectivity index (χ1n) is 9.38. The molecule has 0 saturated heterocycles. The Hall–Kier alpha value is -2.49. The van der Waals surface area contributed by atoms with Crippen molar-refractivity contribution in [2.45, 2.75) is 52.6 Å². The summed E-state index contributed by atoms with van der Waals surface area (Å²) in [6.07, 6.45) is 1.07. The van der Waals surface area contributed by atoms with E-state index in [-0.39, 0.29) is 5.91 Å². The molecule has 2 rings (SSSR count). The number of carbonyl (C=O) groups excluding carboxylic acids is 1. The second kappa shape index (κ2) is 9.85. The lowest BCUT2D eigenvalue weighted by molar-refractivity contribution is -0.122. The van der Waals surface area contributed by atoms with Gasteiger partial charge in [0, 0.05) is 11.8 Å². The molecule has 4 heteroatoms. The molecule has 4 nitrogen and oxygen atoms in total. The normalized spacial score (nSPS) is 12.9. The Balaban J connectivity index is 2.11. The maximum atomic E-state index is 12.7. The first-order chi connectivity index (χ1) is 12.6. The Morgan fingerprint density at radius 1 is 1.04 bits per heavy atom. The van der Waals surface area contributed by atoms with E-state index in [2.05, 4.69) is 25.2 Å². The summed E-state index contributed by atoms with van der Waals surface area (Å²) in [4.78, 5) is 12.7. The molecule has 26 heavy (non-hydrogen) atoms. The quantitative estimate of drug-likeness (QED) is 0.655. The van der Waals surface area contributed by atoms with E-state index in [0.29, 0.717) is 24.6 Å². The second-order valence-electron chi connectivity index (χ2n) is 6.31. The third-order valence-corrected chi connectivity index (χ3v) is 4.41. The van der Waals surface area contributed by atoms with Gasteiger partial charge in [0.1, 0.15) is 11.5 Å². The van der Waals surface area contributed by atoms with Crippen molar-refractivity contribution in [3.8, 4) is 11.5 Å². The largest absolute Gasteiger partial charge is 0.494 e. The van der Waals surface area contributed by atoms with Crippen LogP contribution in [0.15, 0.2) is 48.5 Å². The summed E-state index contributed by atoms with van der Waals surface area (Å²) in [5.74, 6) is 1.75. The zero-order chi connectivity index (χ0) is 18.9. The predicted octanol–water partition coefficient (Wildman–Crippen LogP) is 5.39. The zero-order valence-electron chi connectivity index (χ0n) is 16.1. The number of hydrogen-bond acceptors (Lipinski definition) is 3. The number of nitrogens with one attached hydrogen (secondary N) is 1. The van der Waals surface area contributed by atoms with Crippen LogP contribution in [-0.4, -0.2) is 18.6 Å². The standard InChI is InChI=1S/C22H29NO3/c1-5-16(4)19-13-8-9-14-21(19)26-20(6-2)22(24)23-17-11-10-12-18(15-17)25-7-3/h8-16,20H,5-7H2,1-4H3,(H,23,24). The van der Waals surface area contributed by atoms with Crippen LogP contribution in [0.4, 0.5) is 5.69 Å². The van der Waals surface area contributed by atoms with Crippen molar-refractivity contribution in [3.05, 3.63) is 54.1 Å². The van der Waals surface area contributed by atoms with Gasteiger partial charge in [-0.15, -0.1) is 0 Å². The average Bonchev–Trinajstić information content (AvgIpc) is 2.66. The van der Waals surface area contributed by atoms with Gasteiger partial charge in [-0.25, -0.2) is 0 Å². The van der Waals surface area contributed by atoms with Crippen molar-refractivity contribution in [1.29, 1.82) is 0 Å². The van der Waals surface area contributed by atoms with Gasteiger partial charge in [-0.05, 0) is 49.4 Å². The number of rotatable bonds is 9. The van der Waals surface area contributed by atoms with Crippen LogP contribution in [0, 0.1) is 0 Å². The molecular weight excluding hydrogens is 326 g/mol. The molecule has 2 unspecified atom stereocenters. The summed E-state index contributed by atoms with van der Waals surface area (Å²) in [5.41, 5.74) is 1.85. The molecule has 0 bridgehead atoms. The lowest BCUT2D eigenvalue weighted by Crippen LogP contribution is -2.32. The first kappa shape index (κ1) is 19.8. The van der Waals surface area contributed by atoms with Crippen molar-refractivity contribution < 1.29 is 14.3 Å². The van der Waals surface area contributed by atoms with E-state index in [1.54, 1.807) is 0 Å². The molecule has 0 aliphatic carbocycles. The summed E-state index contributed by atoms with van der Waals surface area (Å²) < 4.78 is 11.6. The molecule has 2 aromatic carbocycles. The SMILES string of the molecule is CCOc1cccc(NC(=O)C(CC)Oc2ccccc2C(C)CC)c1. The molecular formula is C22H29NO3. The predicted molar refractivity (Wildman–Crippen MR) is 106 cm³/mol. The molecule has 0 radical (unpaired) electrons. The Labute approximate surface area is 156 Å². The van der Waals surface area contributed by atoms with Crippen LogP contribution >= 0.6 is 0 Å². The van der Waals surface area contributed by atoms with Crippen molar-refractivity contribution in [2.75, 3.05) is 11.9 Å². The zero-order valence-corrected chi connectivity index (χ0v) is 16.1. The van der Waals surface area contributed by atoms with Crippen LogP contribution in [0.3, 0.4) is 0 Å². The Morgan fingerprint density at radius 2 is 1.81 bits per heavy atom. The van der Waals surface area contributed by atoms with Crippen LogP contribution in [0.5, 0.6) is 11.5 Å². The number of benzene rings is 2. The first-order valence-corrected chi connectivity index (χ1v) is 9.38. The van der Waals surface area contributed by atoms with Crippen molar-refractivity contribution in [3.63, 3.8) is 0 Å². The van der Waals surface area contributed by atoms with Crippen LogP contribution in [-0.2, 0) is 4.79 Å². The highest BCUT2D eigenvalue weighted by atomic mass is 16.5. The van der Waals surface area contributed by atoms with Gasteiger partial charge in [0.15, 0.2) is 6.10 Å². The average molecular weight is 355 g/mol. The van der Waals surface area contributed by atoms with Crippen molar-refractivity contribution >= 4 is 11.6 Å². The van der Waals surface area contributed by atoms with Crippen LogP contribution < -0.4 is 14.8 Å². The third-order valence-electron chi connectivity index (χ3n) is 4.41. The molecule has 1 amide bonds. The fourth-order valence-electron chi connectivity index (χ4n) is 2.74. The van der Waals surface area contributed by atoms with Gasteiger partial charge in [0.05, 0.1) is 6.61 Å². The Kier molecular flexibility index (Phi) is 7.52. The summed E-state index contributed by atoms with van der Waals surface area (Å²) in [5, 5.41) is 2.93. The number of ether oxygens (including phenoxy) is 2. The van der Waals surface area contributed by atoms with Gasteiger partial charge in [-0.1, -0.05) is 45.0 Å². The highest BCUT2D eigenvalue weighted by molar-refractivity contribution is 5.94. The van der Waals surface area contributed by atoms with Gasteiger partial charge >= 0.3 is 0 Å². The summed E-state index contributed by atoms with van der Waals surface area (Å²) >= 11 is 0. The van der Waals surface area contributed by atoms with E-state index in [0.717, 1.165) is 23.5 Å². The smallest absolute Gasteiger partial charge is 0.265 e. The van der Waals surface area contributed by atoms with Gasteiger partial charge in [-0.3, -0.25) is 4.79 Å². The Morgan fingerprint density at radius 3 is 2.50 bits per heavy atom. The van der Waals surface area contributed by atoms with Gasteiger partial charge in [0.2, 0.25) is 0 Å². The molecule has 0 aliphatic heterocycles. The molecule has 0 aliphatic rings. The Bertz CT molecular complexity index is 714. The molecule has 1 N–H and O–H groups in total. The third kappa shape index (κ3) is 5.25. The van der Waals surface area contributed by atoms with Crippen molar-refractivity contribution in [1.82, 2.24) is 0 Å². The van der Waals surface area contributed by atoms with Gasteiger partial charge < -0.3 is 14.8 Å². The fourth-order valence-corrected chi connectivity index (χ4v) is 2.74. The minimum absolute atomic E-state index is 0.153. The number of carbonyl (C=O) groups is 1. The lowest BCUT2D eigenvalue weighted by Gasteiger charge is -2.21. The minimum atomic E-state index is -0.545. The van der Waals surface area contributed by atoms with Crippen LogP contribution in [0.25, 0.3) is 0 Å². The molecule has 2 aromatic rings. The molecule has 0 saturated carbocycles. The number of amides is 1. The summed E-state index contributed by atoms with van der Waals surface area (Å²) in [7, 11) is 0. The highest BCUT2D eigenvalue weighted by Gasteiger charge is 2.21. The van der Waals surface area contributed by atoms with Crippen LogP contribution in [0.1, 0.15) is 52.0 Å². The number of hydrogen-bond donors (Lipinski definition) is 1. The molecule has 2 atom stereocenters. The van der Waals surface area contributed by atoms with Crippen LogP contribution in [0.2, 0.25) is 0 Å². The highest BCUT2D eigenvalue weighted by Crippen LogP contribution is 2.29. The second-order valence-corrected chi connectivity index (χ2v) is 6.31. The maximum absolute atomic E-state index is 12.7. The van der Waals surface area contributed by atoms with Gasteiger partial charge in [0.25, 0.3) is 5.91 Å². The molecule has 0 fully saturated rings. The topological polar surface area (TPSA) is 47.6 Å². The van der Waals surface area contributed by atoms with E-state index >= 15 is 0 Å². The number of para-hydroxylation sites is 1. The van der Waals surface area contributed by atoms with E-state index in [1.807, 2.05) is 56.3 Å². The van der Waals surface area contributed by atoms with E-state index in [4.69, 9.17) is 9.47 Å². The van der Waals surface area contributed by atoms with E-state index < -0.39 is 6.10 Å². The fraction of sp³-hybridized carbons (Fsp3) is 0.409. The monoisotopic (exact) mass is 355 g/mol. The summed E-state index contributed by atoms with van der Waals surface area (Å²) in [6, 6.07) is 15.4. The van der Waals surface area contributed by atoms with E-state index in [9.17, 15) is 4.79 Å². The van der Waals surface area contributed by atoms with E-state index in [1.165, 1.54) is 0 Å². The molecule has 140 valence electrons. The van der Waals surface area contributed by atoms with Crippen molar-refractivity contribution in [2.24, 2.45) is 0 Å². The maximum Gasteiger partial charge on any atom is 0.265 e. The molecule has 0 aromatic heterocycles. The molecule has 0 heterocycles. The lowest BCUT2D eigenvalue weighted by atomic mass is 9.98. The minimum Gasteiger partial charge on any atom is -0.494 e. The molecule has 0 spiro atoms. The number of anilines is 1. The summed E-state index contributed by atoms with van der Waals surface area (Å²) in [6.45, 7) is 8.79.